The second kappa shape index (κ2) is 5.74. The lowest BCUT2D eigenvalue weighted by molar-refractivity contribution is 0.616. The molecule has 0 amide bonds. The van der Waals surface area contributed by atoms with Crippen molar-refractivity contribution in [3.8, 4) is 5.69 Å². The van der Waals surface area contributed by atoms with E-state index < -0.39 is 5.82 Å². The summed E-state index contributed by atoms with van der Waals surface area (Å²) in [7, 11) is 0. The monoisotopic (exact) mass is 434 g/mol. The van der Waals surface area contributed by atoms with Crippen LogP contribution in [0.4, 0.5) is 4.39 Å². The van der Waals surface area contributed by atoms with Gasteiger partial charge in [-0.1, -0.05) is 11.6 Å². The van der Waals surface area contributed by atoms with Crippen molar-refractivity contribution in [1.29, 1.82) is 0 Å². The molecule has 0 bridgehead atoms. The third-order valence-corrected chi connectivity index (χ3v) is 4.25. The summed E-state index contributed by atoms with van der Waals surface area (Å²) in [6, 6.07) is 10.4. The van der Waals surface area contributed by atoms with Gasteiger partial charge in [0.2, 0.25) is 0 Å². The highest BCUT2D eigenvalue weighted by Crippen LogP contribution is 2.30. The molecule has 6 heteroatoms. The Morgan fingerprint density at radius 1 is 1.24 bits per heavy atom. The molecule has 1 atom stereocenters. The lowest BCUT2D eigenvalue weighted by Gasteiger charge is -2.11. The smallest absolute Gasteiger partial charge is 0.148 e. The standard InChI is InChI=1S/C15H10Cl2FIN2/c1-8(16)15-20-12-7-10(19)3-5-14(12)21(15)13-4-2-9(17)6-11(13)18/h2-8H,1H3. The minimum absolute atomic E-state index is 0.342. The Morgan fingerprint density at radius 2 is 2.00 bits per heavy atom. The van der Waals surface area contributed by atoms with E-state index in [4.69, 9.17) is 23.2 Å². The van der Waals surface area contributed by atoms with Gasteiger partial charge in [0.25, 0.3) is 0 Å². The number of nitrogens with zero attached hydrogens (tertiary/aromatic N) is 2. The van der Waals surface area contributed by atoms with Crippen LogP contribution in [0, 0.1) is 9.39 Å². The molecule has 1 unspecified atom stereocenters. The molecule has 1 heterocycles. The summed E-state index contributed by atoms with van der Waals surface area (Å²) in [4.78, 5) is 4.54. The van der Waals surface area contributed by atoms with Crippen LogP contribution in [0.1, 0.15) is 18.1 Å². The van der Waals surface area contributed by atoms with Gasteiger partial charge in [-0.3, -0.25) is 4.57 Å². The molecule has 21 heavy (non-hydrogen) atoms. The van der Waals surface area contributed by atoms with Crippen LogP contribution in [-0.4, -0.2) is 9.55 Å². The zero-order valence-corrected chi connectivity index (χ0v) is 14.6. The third-order valence-electron chi connectivity index (χ3n) is 3.15. The summed E-state index contributed by atoms with van der Waals surface area (Å²) in [5.41, 5.74) is 2.00. The summed E-state index contributed by atoms with van der Waals surface area (Å²) < 4.78 is 17.1. The number of fused-ring (bicyclic) bond motifs is 1. The number of benzene rings is 2. The van der Waals surface area contributed by atoms with E-state index in [1.165, 1.54) is 6.07 Å². The topological polar surface area (TPSA) is 17.8 Å². The van der Waals surface area contributed by atoms with E-state index in [-0.39, 0.29) is 5.38 Å². The molecule has 2 nitrogen and oxygen atoms in total. The molecule has 0 fully saturated rings. The van der Waals surface area contributed by atoms with E-state index in [2.05, 4.69) is 27.6 Å². The first-order valence-electron chi connectivity index (χ1n) is 6.25. The third kappa shape index (κ3) is 2.76. The number of hydrogen-bond acceptors (Lipinski definition) is 1. The van der Waals surface area contributed by atoms with Crippen LogP contribution in [0.25, 0.3) is 16.7 Å². The molecule has 2 aromatic carbocycles. The molecule has 0 aliphatic heterocycles. The molecule has 0 spiro atoms. The van der Waals surface area contributed by atoms with Crippen LogP contribution in [-0.2, 0) is 0 Å². The molecule has 0 radical (unpaired) electrons. The second-order valence-corrected chi connectivity index (χ2v) is 6.99. The fraction of sp³-hybridized carbons (Fsp3) is 0.133. The second-order valence-electron chi connectivity index (χ2n) is 4.65. The van der Waals surface area contributed by atoms with Gasteiger partial charge in [-0.15, -0.1) is 11.6 Å². The summed E-state index contributed by atoms with van der Waals surface area (Å²) >= 11 is 14.3. The highest BCUT2D eigenvalue weighted by molar-refractivity contribution is 14.1. The van der Waals surface area contributed by atoms with Crippen LogP contribution in [0.3, 0.4) is 0 Å². The molecule has 0 N–H and O–H groups in total. The predicted octanol–water partition coefficient (Wildman–Crippen LogP) is 5.72. The molecule has 3 aromatic rings. The highest BCUT2D eigenvalue weighted by Gasteiger charge is 2.18. The Kier molecular flexibility index (Phi) is 4.12. The fourth-order valence-corrected chi connectivity index (χ4v) is 3.03. The van der Waals surface area contributed by atoms with Crippen LogP contribution in [0.2, 0.25) is 5.02 Å². The lowest BCUT2D eigenvalue weighted by atomic mass is 10.2. The van der Waals surface area contributed by atoms with Crippen LogP contribution < -0.4 is 0 Å². The predicted molar refractivity (Wildman–Crippen MR) is 93.0 cm³/mol. The van der Waals surface area contributed by atoms with Crippen molar-refractivity contribution < 1.29 is 4.39 Å². The van der Waals surface area contributed by atoms with Crippen LogP contribution in [0.15, 0.2) is 36.4 Å². The first-order valence-corrected chi connectivity index (χ1v) is 8.14. The maximum absolute atomic E-state index is 14.3. The number of imidazole rings is 1. The van der Waals surface area contributed by atoms with Gasteiger partial charge in [0.05, 0.1) is 22.1 Å². The van der Waals surface area contributed by atoms with Gasteiger partial charge in [-0.25, -0.2) is 9.37 Å². The molecule has 0 saturated carbocycles. The van der Waals surface area contributed by atoms with E-state index >= 15 is 0 Å². The average molecular weight is 435 g/mol. The number of rotatable bonds is 2. The average Bonchev–Trinajstić information content (AvgIpc) is 2.77. The maximum Gasteiger partial charge on any atom is 0.148 e. The SMILES string of the molecule is CC(Cl)c1nc2cc(I)ccc2n1-c1ccc(Cl)cc1F. The molecule has 108 valence electrons. The quantitative estimate of drug-likeness (QED) is 0.372. The Labute approximate surface area is 145 Å². The first kappa shape index (κ1) is 15.1. The largest absolute Gasteiger partial charge is 0.292 e. The normalized spacial score (nSPS) is 12.8. The van der Waals surface area contributed by atoms with Gasteiger partial charge >= 0.3 is 0 Å². The van der Waals surface area contributed by atoms with Gasteiger partial charge in [-0.2, -0.15) is 0 Å². The molecule has 0 aliphatic carbocycles. The van der Waals surface area contributed by atoms with Crippen LogP contribution >= 0.6 is 45.8 Å². The van der Waals surface area contributed by atoms with Gasteiger partial charge in [-0.05, 0) is 65.9 Å². The van der Waals surface area contributed by atoms with Crippen molar-refractivity contribution >= 4 is 56.8 Å². The fourth-order valence-electron chi connectivity index (χ4n) is 2.25. The van der Waals surface area contributed by atoms with E-state index in [1.807, 2.05) is 25.1 Å². The van der Waals surface area contributed by atoms with Crippen molar-refractivity contribution in [2.24, 2.45) is 0 Å². The Bertz CT molecular complexity index is 830. The van der Waals surface area contributed by atoms with E-state index in [9.17, 15) is 4.39 Å². The van der Waals surface area contributed by atoms with Crippen molar-refractivity contribution in [2.75, 3.05) is 0 Å². The van der Waals surface area contributed by atoms with E-state index in [1.54, 1.807) is 16.7 Å². The Hall–Kier alpha value is -0.850. The van der Waals surface area contributed by atoms with Crippen molar-refractivity contribution in [3.63, 3.8) is 0 Å². The summed E-state index contributed by atoms with van der Waals surface area (Å²) in [6.45, 7) is 1.82. The number of alkyl halides is 1. The van der Waals surface area contributed by atoms with Gasteiger partial charge in [0.15, 0.2) is 0 Å². The van der Waals surface area contributed by atoms with Gasteiger partial charge in [0, 0.05) is 8.59 Å². The van der Waals surface area contributed by atoms with Crippen molar-refractivity contribution in [1.82, 2.24) is 9.55 Å². The molecule has 1 aromatic heterocycles. The number of aromatic nitrogens is 2. The Balaban J connectivity index is 2.36. The summed E-state index contributed by atoms with van der Waals surface area (Å²) in [5.74, 6) is 0.203. The first-order chi connectivity index (χ1) is 9.97. The van der Waals surface area contributed by atoms with Gasteiger partial charge in [0.1, 0.15) is 11.6 Å². The van der Waals surface area contributed by atoms with E-state index in [0.717, 1.165) is 14.6 Å². The maximum atomic E-state index is 14.3. The van der Waals surface area contributed by atoms with Crippen molar-refractivity contribution in [3.05, 3.63) is 56.6 Å². The van der Waals surface area contributed by atoms with E-state index in [0.29, 0.717) is 16.5 Å². The molecular weight excluding hydrogens is 425 g/mol. The van der Waals surface area contributed by atoms with Crippen LogP contribution in [0.5, 0.6) is 0 Å². The molecule has 3 rings (SSSR count). The zero-order chi connectivity index (χ0) is 15.1. The minimum atomic E-state index is -0.404. The lowest BCUT2D eigenvalue weighted by Crippen LogP contribution is -2.04. The zero-order valence-electron chi connectivity index (χ0n) is 10.9. The Morgan fingerprint density at radius 3 is 2.67 bits per heavy atom. The van der Waals surface area contributed by atoms with Crippen molar-refractivity contribution in [2.45, 2.75) is 12.3 Å². The van der Waals surface area contributed by atoms with Gasteiger partial charge < -0.3 is 0 Å². The summed E-state index contributed by atoms with van der Waals surface area (Å²) in [6.07, 6.45) is 0. The molecule has 0 aliphatic rings. The highest BCUT2D eigenvalue weighted by atomic mass is 127. The number of hydrogen-bond donors (Lipinski definition) is 0. The molecule has 0 saturated heterocycles. The number of halogens is 4. The summed E-state index contributed by atoms with van der Waals surface area (Å²) in [5, 5.41) is 0.0147. The molecular formula is C15H10Cl2FIN2. The minimum Gasteiger partial charge on any atom is -0.292 e.